The maximum absolute atomic E-state index is 5.25. The molecule has 1 N–H and O–H groups in total. The number of H-pyrrole nitrogens is 1. The molecule has 0 aliphatic rings. The van der Waals surface area contributed by atoms with E-state index in [1.54, 1.807) is 6.26 Å². The molecular weight excluding hydrogens is 218 g/mol. The van der Waals surface area contributed by atoms with Gasteiger partial charge >= 0.3 is 0 Å². The van der Waals surface area contributed by atoms with E-state index in [0.29, 0.717) is 0 Å². The summed E-state index contributed by atoms with van der Waals surface area (Å²) in [5.41, 5.74) is 2.12. The minimum Gasteiger partial charge on any atom is -0.463 e. The van der Waals surface area contributed by atoms with Crippen molar-refractivity contribution in [2.24, 2.45) is 0 Å². The van der Waals surface area contributed by atoms with Gasteiger partial charge in [-0.2, -0.15) is 0 Å². The molecule has 12 heavy (non-hydrogen) atoms. The molecule has 0 fully saturated rings. The number of hydrogen-bond acceptors (Lipinski definition) is 1. The van der Waals surface area contributed by atoms with Crippen LogP contribution in [0, 0.1) is 6.92 Å². The number of rotatable bonds is 1. The van der Waals surface area contributed by atoms with E-state index in [0.717, 1.165) is 21.6 Å². The van der Waals surface area contributed by atoms with Gasteiger partial charge in [-0.25, -0.2) is 0 Å². The van der Waals surface area contributed by atoms with Gasteiger partial charge in [0.25, 0.3) is 0 Å². The summed E-state index contributed by atoms with van der Waals surface area (Å²) in [4.78, 5) is 3.21. The van der Waals surface area contributed by atoms with Crippen molar-refractivity contribution in [3.05, 3.63) is 34.6 Å². The molecule has 0 aliphatic carbocycles. The quantitative estimate of drug-likeness (QED) is 0.793. The molecule has 0 atom stereocenters. The molecule has 2 rings (SSSR count). The fourth-order valence-corrected chi connectivity index (χ4v) is 1.79. The minimum absolute atomic E-state index is 0.856. The largest absolute Gasteiger partial charge is 0.463 e. The Bertz CT molecular complexity index is 375. The molecule has 3 heteroatoms. The number of aromatic amines is 1. The van der Waals surface area contributed by atoms with Crippen LogP contribution in [0.4, 0.5) is 0 Å². The van der Waals surface area contributed by atoms with E-state index in [-0.39, 0.29) is 0 Å². The number of aromatic nitrogens is 1. The Labute approximate surface area is 78.7 Å². The summed E-state index contributed by atoms with van der Waals surface area (Å²) in [5.74, 6) is 0.856. The van der Waals surface area contributed by atoms with Crippen molar-refractivity contribution in [2.75, 3.05) is 0 Å². The van der Waals surface area contributed by atoms with E-state index in [9.17, 15) is 0 Å². The van der Waals surface area contributed by atoms with Gasteiger partial charge in [-0.05, 0) is 41.1 Å². The summed E-state index contributed by atoms with van der Waals surface area (Å²) in [7, 11) is 0. The van der Waals surface area contributed by atoms with Crippen molar-refractivity contribution in [1.29, 1.82) is 0 Å². The average Bonchev–Trinajstić information content (AvgIpc) is 2.58. The Morgan fingerprint density at radius 3 is 2.83 bits per heavy atom. The van der Waals surface area contributed by atoms with Gasteiger partial charge in [0.05, 0.1) is 12.0 Å². The summed E-state index contributed by atoms with van der Waals surface area (Å²) in [6, 6.07) is 5.83. The van der Waals surface area contributed by atoms with Gasteiger partial charge in [0.2, 0.25) is 0 Å². The number of halogens is 1. The third-order valence-electron chi connectivity index (χ3n) is 1.67. The van der Waals surface area contributed by atoms with E-state index >= 15 is 0 Å². The predicted octanol–water partition coefficient (Wildman–Crippen LogP) is 3.35. The molecular formula is C9H8BrNO. The number of hydrogen-bond donors (Lipinski definition) is 1. The van der Waals surface area contributed by atoms with Gasteiger partial charge in [0.1, 0.15) is 0 Å². The molecule has 0 radical (unpaired) electrons. The lowest BCUT2D eigenvalue weighted by Crippen LogP contribution is -1.73. The molecule has 2 aromatic rings. The zero-order valence-corrected chi connectivity index (χ0v) is 8.18. The fraction of sp³-hybridized carbons (Fsp3) is 0.111. The first kappa shape index (κ1) is 7.68. The van der Waals surface area contributed by atoms with Crippen molar-refractivity contribution in [3.8, 4) is 11.5 Å². The standard InChI is InChI=1S/C9H8BrNO/c1-6-5-7(10)9(11-6)8-3-2-4-12-8/h2-5,11H,1H3. The molecule has 0 saturated carbocycles. The fourth-order valence-electron chi connectivity index (χ4n) is 1.16. The summed E-state index contributed by atoms with van der Waals surface area (Å²) >= 11 is 3.45. The van der Waals surface area contributed by atoms with Gasteiger partial charge in [0.15, 0.2) is 5.76 Å². The Morgan fingerprint density at radius 2 is 2.33 bits per heavy atom. The van der Waals surface area contributed by atoms with Crippen molar-refractivity contribution in [2.45, 2.75) is 6.92 Å². The van der Waals surface area contributed by atoms with Crippen LogP contribution in [0.25, 0.3) is 11.5 Å². The van der Waals surface area contributed by atoms with Gasteiger partial charge in [-0.1, -0.05) is 0 Å². The Hall–Kier alpha value is -0.960. The van der Waals surface area contributed by atoms with Crippen LogP contribution < -0.4 is 0 Å². The van der Waals surface area contributed by atoms with Crippen LogP contribution in [0.1, 0.15) is 5.69 Å². The highest BCUT2D eigenvalue weighted by atomic mass is 79.9. The van der Waals surface area contributed by atoms with Crippen LogP contribution in [-0.4, -0.2) is 4.98 Å². The number of aryl methyl sites for hydroxylation is 1. The third-order valence-corrected chi connectivity index (χ3v) is 2.30. The van der Waals surface area contributed by atoms with Crippen LogP contribution in [0.5, 0.6) is 0 Å². The van der Waals surface area contributed by atoms with Crippen molar-refractivity contribution in [1.82, 2.24) is 4.98 Å². The van der Waals surface area contributed by atoms with Crippen LogP contribution in [0.3, 0.4) is 0 Å². The SMILES string of the molecule is Cc1cc(Br)c(-c2ccco2)[nH]1. The molecule has 0 saturated heterocycles. The van der Waals surface area contributed by atoms with Crippen LogP contribution in [-0.2, 0) is 0 Å². The lowest BCUT2D eigenvalue weighted by molar-refractivity contribution is 0.580. The highest BCUT2D eigenvalue weighted by molar-refractivity contribution is 9.10. The first-order valence-corrected chi connectivity index (χ1v) is 4.45. The van der Waals surface area contributed by atoms with Gasteiger partial charge in [-0.3, -0.25) is 0 Å². The number of nitrogens with one attached hydrogen (secondary N) is 1. The van der Waals surface area contributed by atoms with Crippen LogP contribution >= 0.6 is 15.9 Å². The average molecular weight is 226 g/mol. The normalized spacial score (nSPS) is 10.5. The summed E-state index contributed by atoms with van der Waals surface area (Å²) < 4.78 is 6.29. The maximum Gasteiger partial charge on any atom is 0.151 e. The van der Waals surface area contributed by atoms with E-state index in [1.807, 2.05) is 25.1 Å². The van der Waals surface area contributed by atoms with Crippen molar-refractivity contribution < 1.29 is 4.42 Å². The van der Waals surface area contributed by atoms with Crippen molar-refractivity contribution >= 4 is 15.9 Å². The van der Waals surface area contributed by atoms with E-state index in [4.69, 9.17) is 4.42 Å². The molecule has 0 amide bonds. The minimum atomic E-state index is 0.856. The van der Waals surface area contributed by atoms with Crippen LogP contribution in [0.15, 0.2) is 33.4 Å². The zero-order chi connectivity index (χ0) is 8.55. The molecule has 0 aliphatic heterocycles. The molecule has 62 valence electrons. The molecule has 0 aromatic carbocycles. The third kappa shape index (κ3) is 1.20. The van der Waals surface area contributed by atoms with Gasteiger partial charge in [-0.15, -0.1) is 0 Å². The molecule has 0 bridgehead atoms. The smallest absolute Gasteiger partial charge is 0.151 e. The molecule has 0 unspecified atom stereocenters. The Balaban J connectivity index is 2.54. The van der Waals surface area contributed by atoms with E-state index < -0.39 is 0 Å². The molecule has 2 heterocycles. The Kier molecular flexibility index (Phi) is 1.81. The monoisotopic (exact) mass is 225 g/mol. The summed E-state index contributed by atoms with van der Waals surface area (Å²) in [5, 5.41) is 0. The second-order valence-electron chi connectivity index (χ2n) is 2.65. The number of furan rings is 1. The van der Waals surface area contributed by atoms with Crippen LogP contribution in [0.2, 0.25) is 0 Å². The summed E-state index contributed by atoms with van der Waals surface area (Å²) in [6.07, 6.45) is 1.66. The lowest BCUT2D eigenvalue weighted by Gasteiger charge is -1.91. The highest BCUT2D eigenvalue weighted by Crippen LogP contribution is 2.28. The second-order valence-corrected chi connectivity index (χ2v) is 3.51. The maximum atomic E-state index is 5.25. The van der Waals surface area contributed by atoms with Gasteiger partial charge in [0, 0.05) is 10.2 Å². The van der Waals surface area contributed by atoms with E-state index in [2.05, 4.69) is 20.9 Å². The molecule has 2 aromatic heterocycles. The lowest BCUT2D eigenvalue weighted by atomic mass is 10.3. The Morgan fingerprint density at radius 1 is 1.50 bits per heavy atom. The first-order chi connectivity index (χ1) is 5.77. The molecule has 2 nitrogen and oxygen atoms in total. The van der Waals surface area contributed by atoms with Gasteiger partial charge < -0.3 is 9.40 Å². The first-order valence-electron chi connectivity index (χ1n) is 3.66. The highest BCUT2D eigenvalue weighted by Gasteiger charge is 2.07. The predicted molar refractivity (Wildman–Crippen MR) is 50.9 cm³/mol. The van der Waals surface area contributed by atoms with E-state index in [1.165, 1.54) is 0 Å². The zero-order valence-electron chi connectivity index (χ0n) is 6.60. The molecule has 0 spiro atoms. The second kappa shape index (κ2) is 2.83. The van der Waals surface area contributed by atoms with Crippen molar-refractivity contribution in [3.63, 3.8) is 0 Å². The summed E-state index contributed by atoms with van der Waals surface area (Å²) in [6.45, 7) is 2.01. The topological polar surface area (TPSA) is 28.9 Å².